The smallest absolute Gasteiger partial charge is 0.00270 e. The molecule has 2 aliphatic rings. The average molecular weight is 204 g/mol. The summed E-state index contributed by atoms with van der Waals surface area (Å²) in [4.78, 5) is 0. The molecule has 1 atom stereocenters. The average Bonchev–Trinajstić information content (AvgIpc) is 2.66. The van der Waals surface area contributed by atoms with E-state index in [0.717, 1.165) is 5.92 Å². The van der Waals surface area contributed by atoms with Crippen molar-refractivity contribution in [3.63, 3.8) is 0 Å². The van der Waals surface area contributed by atoms with Gasteiger partial charge in [0.2, 0.25) is 0 Å². The summed E-state index contributed by atoms with van der Waals surface area (Å²) in [6.07, 6.45) is 14.4. The fourth-order valence-corrected chi connectivity index (χ4v) is 3.36. The van der Waals surface area contributed by atoms with Crippen LogP contribution < -0.4 is 0 Å². The lowest BCUT2D eigenvalue weighted by Crippen LogP contribution is -2.31. The summed E-state index contributed by atoms with van der Waals surface area (Å²) in [6, 6.07) is 0. The van der Waals surface area contributed by atoms with Gasteiger partial charge in [-0.2, -0.15) is 0 Å². The van der Waals surface area contributed by atoms with E-state index in [1.54, 1.807) is 5.57 Å². The summed E-state index contributed by atoms with van der Waals surface area (Å²) in [5, 5.41) is 0. The molecule has 0 aromatic heterocycles. The molecule has 0 nitrogen and oxygen atoms in total. The maximum absolute atomic E-state index is 2.49. The lowest BCUT2D eigenvalue weighted by Gasteiger charge is -2.42. The van der Waals surface area contributed by atoms with Crippen molar-refractivity contribution in [2.45, 2.75) is 52.9 Å². The fourth-order valence-electron chi connectivity index (χ4n) is 3.36. The Bertz CT molecular complexity index is 274. The molecule has 1 unspecified atom stereocenters. The van der Waals surface area contributed by atoms with Gasteiger partial charge in [0.05, 0.1) is 0 Å². The Hall–Kier alpha value is -0.520. The van der Waals surface area contributed by atoms with Gasteiger partial charge >= 0.3 is 0 Å². The highest BCUT2D eigenvalue weighted by Crippen LogP contribution is 2.50. The molecule has 2 rings (SSSR count). The number of rotatable bonds is 2. The van der Waals surface area contributed by atoms with Crippen molar-refractivity contribution in [3.8, 4) is 0 Å². The Morgan fingerprint density at radius 1 is 1.20 bits per heavy atom. The second kappa shape index (κ2) is 4.15. The molecule has 0 saturated heterocycles. The van der Waals surface area contributed by atoms with Gasteiger partial charge in [0, 0.05) is 0 Å². The third-order valence-electron chi connectivity index (χ3n) is 4.45. The van der Waals surface area contributed by atoms with Gasteiger partial charge in [0.15, 0.2) is 0 Å². The predicted molar refractivity (Wildman–Crippen MR) is 66.7 cm³/mol. The van der Waals surface area contributed by atoms with E-state index in [1.807, 2.05) is 0 Å². The van der Waals surface area contributed by atoms with Crippen molar-refractivity contribution in [3.05, 3.63) is 23.8 Å². The van der Waals surface area contributed by atoms with Crippen LogP contribution in [-0.2, 0) is 0 Å². The normalized spacial score (nSPS) is 29.6. The summed E-state index contributed by atoms with van der Waals surface area (Å²) in [7, 11) is 0. The molecule has 0 bridgehead atoms. The third-order valence-corrected chi connectivity index (χ3v) is 4.45. The third kappa shape index (κ3) is 1.91. The lowest BCUT2D eigenvalue weighted by atomic mass is 9.63. The highest BCUT2D eigenvalue weighted by Gasteiger charge is 2.38. The van der Waals surface area contributed by atoms with E-state index >= 15 is 0 Å². The highest BCUT2D eigenvalue weighted by atomic mass is 14.4. The monoisotopic (exact) mass is 204 g/mol. The van der Waals surface area contributed by atoms with Gasteiger partial charge in [-0.3, -0.25) is 0 Å². The van der Waals surface area contributed by atoms with Gasteiger partial charge < -0.3 is 0 Å². The Labute approximate surface area is 94.5 Å². The Kier molecular flexibility index (Phi) is 3.04. The minimum atomic E-state index is 0.513. The summed E-state index contributed by atoms with van der Waals surface area (Å²) < 4.78 is 0. The van der Waals surface area contributed by atoms with Crippen LogP contribution in [0.5, 0.6) is 0 Å². The fraction of sp³-hybridized carbons (Fsp3) is 0.733. The van der Waals surface area contributed by atoms with E-state index in [1.165, 1.54) is 32.1 Å². The summed E-state index contributed by atoms with van der Waals surface area (Å²) in [5.74, 6) is 1.46. The minimum absolute atomic E-state index is 0.513. The molecule has 84 valence electrons. The van der Waals surface area contributed by atoms with Crippen molar-refractivity contribution in [1.82, 2.24) is 0 Å². The van der Waals surface area contributed by atoms with Crippen LogP contribution in [0, 0.1) is 17.3 Å². The van der Waals surface area contributed by atoms with Crippen molar-refractivity contribution < 1.29 is 0 Å². The van der Waals surface area contributed by atoms with Crippen LogP contribution in [0.25, 0.3) is 0 Å². The van der Waals surface area contributed by atoms with Crippen LogP contribution in [-0.4, -0.2) is 0 Å². The second-order valence-corrected chi connectivity index (χ2v) is 5.71. The van der Waals surface area contributed by atoms with E-state index in [4.69, 9.17) is 0 Å². The quantitative estimate of drug-likeness (QED) is 0.610. The van der Waals surface area contributed by atoms with Crippen molar-refractivity contribution >= 4 is 0 Å². The first-order chi connectivity index (χ1) is 7.15. The molecular formula is C15H24. The molecule has 1 saturated carbocycles. The van der Waals surface area contributed by atoms with E-state index in [2.05, 4.69) is 39.0 Å². The summed E-state index contributed by atoms with van der Waals surface area (Å²) in [5.41, 5.74) is 2.16. The molecule has 0 radical (unpaired) electrons. The van der Waals surface area contributed by atoms with Crippen molar-refractivity contribution in [1.29, 1.82) is 0 Å². The van der Waals surface area contributed by atoms with E-state index < -0.39 is 0 Å². The van der Waals surface area contributed by atoms with Gasteiger partial charge in [0.25, 0.3) is 0 Å². The van der Waals surface area contributed by atoms with Crippen molar-refractivity contribution in [2.24, 2.45) is 17.3 Å². The molecule has 0 amide bonds. The Morgan fingerprint density at radius 2 is 1.87 bits per heavy atom. The molecule has 1 fully saturated rings. The number of hydrogen-bond acceptors (Lipinski definition) is 0. The van der Waals surface area contributed by atoms with Crippen LogP contribution in [0.4, 0.5) is 0 Å². The zero-order valence-corrected chi connectivity index (χ0v) is 10.4. The topological polar surface area (TPSA) is 0 Å². The molecule has 0 aromatic rings. The number of hydrogen-bond donors (Lipinski definition) is 0. The molecule has 0 heterocycles. The van der Waals surface area contributed by atoms with Crippen LogP contribution in [0.1, 0.15) is 52.9 Å². The highest BCUT2D eigenvalue weighted by molar-refractivity contribution is 5.35. The van der Waals surface area contributed by atoms with E-state index in [-0.39, 0.29) is 0 Å². The predicted octanol–water partition coefficient (Wildman–Crippen LogP) is 4.73. The summed E-state index contributed by atoms with van der Waals surface area (Å²) >= 11 is 0. The molecule has 0 N–H and O–H groups in total. The Balaban J connectivity index is 2.26. The standard InChI is InChI=1S/C15H24/c1-12(2)15(9-5-4-6-10-15)14-8-7-13(3)11-14/h7-8,11-13H,4-6,9-10H2,1-3H3. The van der Waals surface area contributed by atoms with Gasteiger partial charge in [-0.1, -0.05) is 58.3 Å². The van der Waals surface area contributed by atoms with Gasteiger partial charge in [-0.05, 0) is 35.7 Å². The van der Waals surface area contributed by atoms with Crippen LogP contribution >= 0.6 is 0 Å². The van der Waals surface area contributed by atoms with Crippen molar-refractivity contribution in [2.75, 3.05) is 0 Å². The molecule has 15 heavy (non-hydrogen) atoms. The maximum Gasteiger partial charge on any atom is -0.00270 e. The summed E-state index contributed by atoms with van der Waals surface area (Å²) in [6.45, 7) is 7.10. The van der Waals surface area contributed by atoms with Gasteiger partial charge in [-0.25, -0.2) is 0 Å². The largest absolute Gasteiger partial charge is 0.0776 e. The second-order valence-electron chi connectivity index (χ2n) is 5.71. The molecule has 0 aliphatic heterocycles. The molecule has 2 aliphatic carbocycles. The van der Waals surface area contributed by atoms with Gasteiger partial charge in [-0.15, -0.1) is 0 Å². The Morgan fingerprint density at radius 3 is 2.33 bits per heavy atom. The zero-order chi connectivity index (χ0) is 10.9. The number of allylic oxidation sites excluding steroid dienone is 4. The first-order valence-corrected chi connectivity index (χ1v) is 6.56. The molecule has 0 aromatic carbocycles. The maximum atomic E-state index is 2.49. The van der Waals surface area contributed by atoms with E-state index in [9.17, 15) is 0 Å². The van der Waals surface area contributed by atoms with Crippen LogP contribution in [0.15, 0.2) is 23.8 Å². The van der Waals surface area contributed by atoms with Gasteiger partial charge in [0.1, 0.15) is 0 Å². The zero-order valence-electron chi connectivity index (χ0n) is 10.4. The first kappa shape index (κ1) is 11.0. The molecular weight excluding hydrogens is 180 g/mol. The lowest BCUT2D eigenvalue weighted by molar-refractivity contribution is 0.169. The SMILES string of the molecule is CC1C=CC(C2(C(C)C)CCCCC2)=C1. The molecule has 0 spiro atoms. The van der Waals surface area contributed by atoms with Crippen LogP contribution in [0.2, 0.25) is 0 Å². The van der Waals surface area contributed by atoms with Crippen LogP contribution in [0.3, 0.4) is 0 Å². The van der Waals surface area contributed by atoms with E-state index in [0.29, 0.717) is 11.3 Å². The molecule has 0 heteroatoms. The minimum Gasteiger partial charge on any atom is -0.0776 e. The first-order valence-electron chi connectivity index (χ1n) is 6.56.